The first-order valence-electron chi connectivity index (χ1n) is 3.75. The zero-order valence-electron chi connectivity index (χ0n) is 7.58. The lowest BCUT2D eigenvalue weighted by molar-refractivity contribution is 0.403. The molecular formula is C8H7Br3O3S. The fourth-order valence-corrected chi connectivity index (χ4v) is 3.46. The number of rotatable bonds is 2. The summed E-state index contributed by atoms with van der Waals surface area (Å²) in [5.41, 5.74) is 0. The molecule has 0 saturated heterocycles. The van der Waals surface area contributed by atoms with Crippen LogP contribution in [-0.4, -0.2) is 17.0 Å². The molecule has 0 aromatic heterocycles. The number of hydrogen-bond acceptors (Lipinski definition) is 3. The Hall–Kier alpha value is 0.410. The molecule has 0 heterocycles. The van der Waals surface area contributed by atoms with Gasteiger partial charge >= 0.3 is 0 Å². The van der Waals surface area contributed by atoms with Crippen LogP contribution >= 0.6 is 47.8 Å². The minimum absolute atomic E-state index is 0.109. The maximum absolute atomic E-state index is 12.0. The molecule has 0 aliphatic heterocycles. The second-order valence-electron chi connectivity index (χ2n) is 2.60. The van der Waals surface area contributed by atoms with Gasteiger partial charge in [0.2, 0.25) is 11.3 Å². The van der Waals surface area contributed by atoms with Gasteiger partial charge in [-0.15, -0.1) is 0 Å². The Kier molecular flexibility index (Phi) is 4.25. The van der Waals surface area contributed by atoms with Crippen molar-refractivity contribution in [3.63, 3.8) is 0 Å². The van der Waals surface area contributed by atoms with Crippen molar-refractivity contribution in [2.24, 2.45) is 0 Å². The molecule has 0 aliphatic carbocycles. The Morgan fingerprint density at radius 2 is 1.73 bits per heavy atom. The highest BCUT2D eigenvalue weighted by Gasteiger charge is 2.39. The van der Waals surface area contributed by atoms with E-state index in [0.29, 0.717) is 5.75 Å². The molecule has 0 fully saturated rings. The van der Waals surface area contributed by atoms with Crippen molar-refractivity contribution in [2.45, 2.75) is 6.37 Å². The van der Waals surface area contributed by atoms with Gasteiger partial charge in [-0.1, -0.05) is 12.1 Å². The van der Waals surface area contributed by atoms with Gasteiger partial charge in [0.1, 0.15) is 10.6 Å². The molecule has 0 aliphatic rings. The number of alkyl halides is 3. The van der Waals surface area contributed by atoms with E-state index < -0.39 is 11.3 Å². The van der Waals surface area contributed by atoms with Gasteiger partial charge in [-0.25, -0.2) is 8.42 Å². The van der Waals surface area contributed by atoms with E-state index in [1.807, 2.05) is 0 Å². The molecule has 1 aromatic rings. The van der Waals surface area contributed by atoms with E-state index in [0.717, 1.165) is 0 Å². The molecule has 0 atom stereocenters. The molecule has 7 heteroatoms. The summed E-state index contributed by atoms with van der Waals surface area (Å²) in [6.45, 7) is 0. The Morgan fingerprint density at radius 1 is 1.20 bits per heavy atom. The molecule has 0 N–H and O–H groups in total. The highest BCUT2D eigenvalue weighted by atomic mass is 80.0. The predicted molar refractivity (Wildman–Crippen MR) is 69.7 cm³/mol. The van der Waals surface area contributed by atoms with Gasteiger partial charge in [-0.05, 0) is 59.9 Å². The van der Waals surface area contributed by atoms with Crippen LogP contribution in [-0.2, 0) is 9.84 Å². The number of methoxy groups -OCH3 is 1. The summed E-state index contributed by atoms with van der Waals surface area (Å²) < 4.78 is 27.6. The van der Waals surface area contributed by atoms with Gasteiger partial charge < -0.3 is 4.74 Å². The van der Waals surface area contributed by atoms with Gasteiger partial charge in [0.15, 0.2) is 0 Å². The molecule has 0 amide bonds. The van der Waals surface area contributed by atoms with Crippen molar-refractivity contribution in [2.75, 3.05) is 7.11 Å². The lowest BCUT2D eigenvalue weighted by Gasteiger charge is -2.15. The Labute approximate surface area is 114 Å². The van der Waals surface area contributed by atoms with Crippen LogP contribution in [0, 0.1) is 0 Å². The second-order valence-corrected chi connectivity index (χ2v) is 13.0. The van der Waals surface area contributed by atoms with Crippen LogP contribution < -0.4 is 4.74 Å². The fourth-order valence-electron chi connectivity index (χ4n) is 0.965. The first-order chi connectivity index (χ1) is 6.80. The van der Waals surface area contributed by atoms with Crippen molar-refractivity contribution < 1.29 is 13.2 Å². The third kappa shape index (κ3) is 2.75. The Balaban J connectivity index is 3.41. The van der Waals surface area contributed by atoms with E-state index in [1.54, 1.807) is 18.2 Å². The van der Waals surface area contributed by atoms with Crippen molar-refractivity contribution in [1.82, 2.24) is 0 Å². The highest BCUT2D eigenvalue weighted by molar-refractivity contribution is 9.42. The largest absolute Gasteiger partial charge is 0.495 e. The lowest BCUT2D eigenvalue weighted by atomic mass is 10.3. The van der Waals surface area contributed by atoms with Crippen molar-refractivity contribution >= 4 is 57.6 Å². The average molecular weight is 423 g/mol. The van der Waals surface area contributed by atoms with E-state index >= 15 is 0 Å². The minimum Gasteiger partial charge on any atom is -0.495 e. The fraction of sp³-hybridized carbons (Fsp3) is 0.250. The van der Waals surface area contributed by atoms with Crippen LogP contribution in [0.2, 0.25) is 0 Å². The molecule has 1 rings (SSSR count). The van der Waals surface area contributed by atoms with Gasteiger partial charge in [0.05, 0.1) is 7.11 Å². The highest BCUT2D eigenvalue weighted by Crippen LogP contribution is 2.45. The summed E-state index contributed by atoms with van der Waals surface area (Å²) >= 11 is 8.97. The molecule has 15 heavy (non-hydrogen) atoms. The van der Waals surface area contributed by atoms with Crippen LogP contribution in [0.5, 0.6) is 5.75 Å². The summed E-state index contributed by atoms with van der Waals surface area (Å²) in [5.74, 6) is 0.306. The third-order valence-corrected chi connectivity index (χ3v) is 7.02. The molecular weight excluding hydrogens is 416 g/mol. The summed E-state index contributed by atoms with van der Waals surface area (Å²) in [7, 11) is -2.17. The minimum atomic E-state index is -3.59. The molecule has 0 unspecified atom stereocenters. The van der Waals surface area contributed by atoms with Crippen LogP contribution in [0.1, 0.15) is 0 Å². The van der Waals surface area contributed by atoms with E-state index in [2.05, 4.69) is 47.8 Å². The van der Waals surface area contributed by atoms with Gasteiger partial charge in [-0.2, -0.15) is 0 Å². The van der Waals surface area contributed by atoms with E-state index in [-0.39, 0.29) is 4.90 Å². The molecule has 0 radical (unpaired) electrons. The normalized spacial score (nSPS) is 12.5. The maximum atomic E-state index is 12.0. The molecule has 0 saturated carbocycles. The monoisotopic (exact) mass is 420 g/mol. The average Bonchev–Trinajstić information content (AvgIpc) is 2.16. The summed E-state index contributed by atoms with van der Waals surface area (Å²) in [4.78, 5) is 0.109. The first kappa shape index (κ1) is 13.5. The number of halogens is 3. The van der Waals surface area contributed by atoms with E-state index in [1.165, 1.54) is 13.2 Å². The SMILES string of the molecule is COc1ccccc1S(=O)(=O)C(Br)(Br)Br. The predicted octanol–water partition coefficient (Wildman–Crippen LogP) is 3.26. The number of hydrogen-bond donors (Lipinski definition) is 0. The topological polar surface area (TPSA) is 43.4 Å². The Morgan fingerprint density at radius 3 is 2.20 bits per heavy atom. The van der Waals surface area contributed by atoms with E-state index in [9.17, 15) is 8.42 Å². The molecule has 1 aromatic carbocycles. The summed E-state index contributed by atoms with van der Waals surface area (Å²) in [6, 6.07) is 6.41. The summed E-state index contributed by atoms with van der Waals surface area (Å²) in [6.07, 6.45) is 0. The first-order valence-corrected chi connectivity index (χ1v) is 7.61. The van der Waals surface area contributed by atoms with Gasteiger partial charge in [0.25, 0.3) is 0 Å². The van der Waals surface area contributed by atoms with Crippen LogP contribution in [0.4, 0.5) is 0 Å². The molecule has 84 valence electrons. The smallest absolute Gasteiger partial charge is 0.239 e. The number of benzene rings is 1. The molecule has 0 spiro atoms. The summed E-state index contributed by atoms with van der Waals surface area (Å²) in [5, 5.41) is 0. The van der Waals surface area contributed by atoms with Crippen molar-refractivity contribution in [1.29, 1.82) is 0 Å². The second kappa shape index (κ2) is 4.73. The molecule has 3 nitrogen and oxygen atoms in total. The van der Waals surface area contributed by atoms with Crippen molar-refractivity contribution in [3.8, 4) is 5.75 Å². The van der Waals surface area contributed by atoms with Gasteiger partial charge in [-0.3, -0.25) is 0 Å². The van der Waals surface area contributed by atoms with Crippen molar-refractivity contribution in [3.05, 3.63) is 24.3 Å². The lowest BCUT2D eigenvalue weighted by Crippen LogP contribution is -2.18. The van der Waals surface area contributed by atoms with Crippen LogP contribution in [0.25, 0.3) is 0 Å². The number of ether oxygens (including phenoxy) is 1. The van der Waals surface area contributed by atoms with Crippen LogP contribution in [0.15, 0.2) is 29.2 Å². The Bertz CT molecular complexity index is 450. The quantitative estimate of drug-likeness (QED) is 0.687. The van der Waals surface area contributed by atoms with Gasteiger partial charge in [0, 0.05) is 0 Å². The number of sulfone groups is 1. The number of para-hydroxylation sites is 1. The molecule has 0 bridgehead atoms. The zero-order valence-corrected chi connectivity index (χ0v) is 13.2. The third-order valence-electron chi connectivity index (χ3n) is 1.66. The van der Waals surface area contributed by atoms with Crippen LogP contribution in [0.3, 0.4) is 0 Å². The zero-order chi connectivity index (χ0) is 11.7. The maximum Gasteiger partial charge on any atom is 0.239 e. The standard InChI is InChI=1S/C8H7Br3O3S/c1-14-6-4-2-3-5-7(6)15(12,13)8(9,10)11/h2-5H,1H3. The van der Waals surface area contributed by atoms with E-state index in [4.69, 9.17) is 4.74 Å².